The number of hydrogen-bond donors (Lipinski definition) is 2. The van der Waals surface area contributed by atoms with E-state index in [0.717, 1.165) is 30.7 Å². The lowest BCUT2D eigenvalue weighted by atomic mass is 10.1. The first-order valence-corrected chi connectivity index (χ1v) is 6.41. The van der Waals surface area contributed by atoms with E-state index in [0.29, 0.717) is 17.3 Å². The first-order chi connectivity index (χ1) is 9.61. The molecule has 1 saturated carbocycles. The molecule has 0 aliphatic heterocycles. The number of amides is 1. The number of carbonyl (C=O) groups is 1. The first-order valence-electron chi connectivity index (χ1n) is 6.41. The third kappa shape index (κ3) is 2.84. The van der Waals surface area contributed by atoms with Gasteiger partial charge < -0.3 is 5.32 Å². The van der Waals surface area contributed by atoms with Gasteiger partial charge in [0.1, 0.15) is 0 Å². The monoisotopic (exact) mass is 277 g/mol. The fourth-order valence-corrected chi connectivity index (χ4v) is 2.03. The second-order valence-electron chi connectivity index (χ2n) is 4.96. The lowest BCUT2D eigenvalue weighted by molar-refractivity contribution is -0.115. The zero-order chi connectivity index (χ0) is 14.1. The van der Waals surface area contributed by atoms with Crippen LogP contribution < -0.4 is 5.32 Å². The highest BCUT2D eigenvalue weighted by molar-refractivity contribution is 5.91. The summed E-state index contributed by atoms with van der Waals surface area (Å²) >= 11 is 0. The molecule has 1 aromatic carbocycles. The molecule has 0 spiro atoms. The van der Waals surface area contributed by atoms with Gasteiger partial charge in [-0.15, -0.1) is 0 Å². The third-order valence-electron chi connectivity index (χ3n) is 3.23. The minimum atomic E-state index is -0.953. The minimum absolute atomic E-state index is 0.0250. The summed E-state index contributed by atoms with van der Waals surface area (Å²) in [6, 6.07) is 5.23. The van der Waals surface area contributed by atoms with E-state index < -0.39 is 11.6 Å². The summed E-state index contributed by atoms with van der Waals surface area (Å²) in [5.74, 6) is -1.20. The van der Waals surface area contributed by atoms with E-state index in [4.69, 9.17) is 0 Å². The predicted octanol–water partition coefficient (Wildman–Crippen LogP) is 2.75. The summed E-state index contributed by atoms with van der Waals surface area (Å²) in [5.41, 5.74) is 1.44. The fraction of sp³-hybridized carbons (Fsp3) is 0.286. The van der Waals surface area contributed by atoms with Crippen molar-refractivity contribution in [1.82, 2.24) is 10.2 Å². The van der Waals surface area contributed by atoms with Crippen molar-refractivity contribution in [2.24, 2.45) is 0 Å². The summed E-state index contributed by atoms with van der Waals surface area (Å²) in [4.78, 5) is 11.8. The molecule has 0 radical (unpaired) electrons. The predicted molar refractivity (Wildman–Crippen MR) is 69.3 cm³/mol. The van der Waals surface area contributed by atoms with Crippen LogP contribution in [0, 0.1) is 11.6 Å². The second kappa shape index (κ2) is 5.03. The van der Waals surface area contributed by atoms with Gasteiger partial charge in [0, 0.05) is 17.7 Å². The number of aromatic nitrogens is 2. The number of H-pyrrole nitrogens is 1. The molecule has 20 heavy (non-hydrogen) atoms. The molecule has 1 fully saturated rings. The maximum absolute atomic E-state index is 13.0. The van der Waals surface area contributed by atoms with Gasteiger partial charge in [0.2, 0.25) is 5.91 Å². The lowest BCUT2D eigenvalue weighted by Gasteiger charge is -2.02. The zero-order valence-corrected chi connectivity index (χ0v) is 10.6. The quantitative estimate of drug-likeness (QED) is 0.902. The molecule has 6 heteroatoms. The molecule has 0 unspecified atom stereocenters. The van der Waals surface area contributed by atoms with E-state index >= 15 is 0 Å². The fourth-order valence-electron chi connectivity index (χ4n) is 2.03. The van der Waals surface area contributed by atoms with E-state index in [1.54, 1.807) is 6.07 Å². The number of aromatic amines is 1. The number of anilines is 1. The van der Waals surface area contributed by atoms with Crippen molar-refractivity contribution in [2.75, 3.05) is 5.32 Å². The Morgan fingerprint density at radius 2 is 2.10 bits per heavy atom. The molecular formula is C14H13F2N3O. The molecule has 2 N–H and O–H groups in total. The van der Waals surface area contributed by atoms with E-state index in [-0.39, 0.29) is 12.3 Å². The molecule has 3 rings (SSSR count). The van der Waals surface area contributed by atoms with Gasteiger partial charge >= 0.3 is 0 Å². The van der Waals surface area contributed by atoms with Gasteiger partial charge in [-0.1, -0.05) is 6.07 Å². The van der Waals surface area contributed by atoms with E-state index in [1.165, 1.54) is 6.07 Å². The van der Waals surface area contributed by atoms with Gasteiger partial charge in [-0.3, -0.25) is 9.89 Å². The highest BCUT2D eigenvalue weighted by Crippen LogP contribution is 2.39. The van der Waals surface area contributed by atoms with Crippen LogP contribution in [0.5, 0.6) is 0 Å². The molecule has 0 atom stereocenters. The molecular weight excluding hydrogens is 264 g/mol. The molecule has 104 valence electrons. The standard InChI is InChI=1S/C14H13F2N3O/c15-10-4-1-8(5-11(10)16)6-14(20)17-13-7-12(18-19-13)9-2-3-9/h1,4-5,7,9H,2-3,6H2,(H2,17,18,19,20). The van der Waals surface area contributed by atoms with Crippen LogP contribution in [0.25, 0.3) is 0 Å². The van der Waals surface area contributed by atoms with Crippen LogP contribution in [-0.4, -0.2) is 16.1 Å². The smallest absolute Gasteiger partial charge is 0.229 e. The van der Waals surface area contributed by atoms with Crippen LogP contribution in [0.15, 0.2) is 24.3 Å². The Morgan fingerprint density at radius 3 is 2.80 bits per heavy atom. The number of rotatable bonds is 4. The SMILES string of the molecule is O=C(Cc1ccc(F)c(F)c1)Nc1cc(C2CC2)[nH]n1. The topological polar surface area (TPSA) is 57.8 Å². The van der Waals surface area contributed by atoms with Crippen molar-refractivity contribution in [2.45, 2.75) is 25.2 Å². The molecule has 1 aromatic heterocycles. The van der Waals surface area contributed by atoms with Crippen molar-refractivity contribution in [1.29, 1.82) is 0 Å². The minimum Gasteiger partial charge on any atom is -0.309 e. The highest BCUT2D eigenvalue weighted by Gasteiger charge is 2.25. The molecule has 2 aromatic rings. The van der Waals surface area contributed by atoms with Crippen LogP contribution in [-0.2, 0) is 11.2 Å². The van der Waals surface area contributed by atoms with Gasteiger partial charge in [-0.25, -0.2) is 8.78 Å². The number of halogens is 2. The van der Waals surface area contributed by atoms with Gasteiger partial charge in [0.15, 0.2) is 17.5 Å². The van der Waals surface area contributed by atoms with Crippen LogP contribution in [0.4, 0.5) is 14.6 Å². The van der Waals surface area contributed by atoms with Crippen molar-refractivity contribution in [3.63, 3.8) is 0 Å². The Kier molecular flexibility index (Phi) is 3.22. The zero-order valence-electron chi connectivity index (χ0n) is 10.6. The number of nitrogens with zero attached hydrogens (tertiary/aromatic N) is 1. The molecule has 1 aliphatic rings. The first kappa shape index (κ1) is 12.8. The highest BCUT2D eigenvalue weighted by atomic mass is 19.2. The average Bonchev–Trinajstić information content (AvgIpc) is 3.15. The van der Waals surface area contributed by atoms with Crippen molar-refractivity contribution < 1.29 is 13.6 Å². The Morgan fingerprint density at radius 1 is 1.30 bits per heavy atom. The summed E-state index contributed by atoms with van der Waals surface area (Å²) in [6.07, 6.45) is 2.26. The number of nitrogens with one attached hydrogen (secondary N) is 2. The van der Waals surface area contributed by atoms with Crippen molar-refractivity contribution in [3.8, 4) is 0 Å². The van der Waals surface area contributed by atoms with Crippen molar-refractivity contribution in [3.05, 3.63) is 47.2 Å². The van der Waals surface area contributed by atoms with E-state index in [9.17, 15) is 13.6 Å². The molecule has 0 bridgehead atoms. The van der Waals surface area contributed by atoms with Crippen LogP contribution in [0.2, 0.25) is 0 Å². The second-order valence-corrected chi connectivity index (χ2v) is 4.96. The van der Waals surface area contributed by atoms with Crippen LogP contribution >= 0.6 is 0 Å². The number of carbonyl (C=O) groups excluding carboxylic acids is 1. The lowest BCUT2D eigenvalue weighted by Crippen LogP contribution is -2.14. The van der Waals surface area contributed by atoms with Gasteiger partial charge in [-0.05, 0) is 30.5 Å². The number of hydrogen-bond acceptors (Lipinski definition) is 2. The molecule has 1 aliphatic carbocycles. The number of benzene rings is 1. The third-order valence-corrected chi connectivity index (χ3v) is 3.23. The Labute approximate surface area is 114 Å². The van der Waals surface area contributed by atoms with Gasteiger partial charge in [-0.2, -0.15) is 5.10 Å². The average molecular weight is 277 g/mol. The van der Waals surface area contributed by atoms with Gasteiger partial charge in [0.25, 0.3) is 0 Å². The van der Waals surface area contributed by atoms with Crippen LogP contribution in [0.3, 0.4) is 0 Å². The molecule has 0 saturated heterocycles. The Bertz CT molecular complexity index is 650. The molecule has 1 heterocycles. The Balaban J connectivity index is 1.61. The summed E-state index contributed by atoms with van der Waals surface area (Å²) in [6.45, 7) is 0. The molecule has 1 amide bonds. The normalized spacial score (nSPS) is 14.3. The van der Waals surface area contributed by atoms with E-state index in [2.05, 4.69) is 15.5 Å². The Hall–Kier alpha value is -2.24. The molecule has 4 nitrogen and oxygen atoms in total. The van der Waals surface area contributed by atoms with Crippen molar-refractivity contribution >= 4 is 11.7 Å². The summed E-state index contributed by atoms with van der Waals surface area (Å²) in [5, 5.41) is 9.51. The van der Waals surface area contributed by atoms with Gasteiger partial charge in [0.05, 0.1) is 6.42 Å². The maximum atomic E-state index is 13.0. The maximum Gasteiger partial charge on any atom is 0.229 e. The van der Waals surface area contributed by atoms with Crippen LogP contribution in [0.1, 0.15) is 30.0 Å². The summed E-state index contributed by atoms with van der Waals surface area (Å²) in [7, 11) is 0. The van der Waals surface area contributed by atoms with E-state index in [1.807, 2.05) is 0 Å². The summed E-state index contributed by atoms with van der Waals surface area (Å²) < 4.78 is 25.8. The largest absolute Gasteiger partial charge is 0.309 e.